The maximum atomic E-state index is 13.2. The molecule has 0 saturated heterocycles. The van der Waals surface area contributed by atoms with Crippen LogP contribution in [0.15, 0.2) is 412 Å². The van der Waals surface area contributed by atoms with Crippen molar-refractivity contribution in [2.75, 3.05) is 0 Å². The number of fused-ring (bicyclic) bond motifs is 15. The summed E-state index contributed by atoms with van der Waals surface area (Å²) in [4.78, 5) is 1.64. The normalized spacial score (nSPS) is 15.3. The first-order valence-electron chi connectivity index (χ1n) is 43.1. The third-order valence-corrected chi connectivity index (χ3v) is 32.1. The van der Waals surface area contributed by atoms with Crippen LogP contribution in [0, 0.1) is 0 Å². The SMILES string of the molecule is CC1(C)c2ccccc2C(c2ccc3c(c2)Oc2cc(-c4ccc(S(=O)(=O)c5ccccc5)cc4)ccc2O3)c2ccccc21.CC1(C)c2ccccc2C(c2ccc3c(c2)Oc2cc(-c4ccc5c(c4)-c4ccccc4S5(=O)=O)ccc2O3)c2ccccc21.CC1(C)c2ccccc2C(c2ccc3c(c2)Oc2cc(S(=O)(=O)c4ccccc4)ccc2O3)c2ccccc21. The summed E-state index contributed by atoms with van der Waals surface area (Å²) in [6.45, 7) is 13.8. The van der Waals surface area contributed by atoms with Crippen molar-refractivity contribution in [3.63, 3.8) is 0 Å². The predicted octanol–water partition coefficient (Wildman–Crippen LogP) is 28.0. The summed E-state index contributed by atoms with van der Waals surface area (Å²) in [6.07, 6.45) is 0. The largest absolute Gasteiger partial charge is 0.450 e. The molecule has 17 aromatic rings. The van der Waals surface area contributed by atoms with Crippen LogP contribution in [0.1, 0.15) is 143 Å². The third-order valence-electron chi connectivity index (χ3n) is 26.7. The van der Waals surface area contributed by atoms with Gasteiger partial charge >= 0.3 is 0 Å². The van der Waals surface area contributed by atoms with Crippen LogP contribution < -0.4 is 28.4 Å². The molecule has 0 fully saturated rings. The van der Waals surface area contributed by atoms with E-state index in [1.54, 1.807) is 109 Å². The van der Waals surface area contributed by atoms with Gasteiger partial charge in [0, 0.05) is 51.2 Å². The Bertz CT molecular complexity index is 7690. The zero-order chi connectivity index (χ0) is 88.0. The summed E-state index contributed by atoms with van der Waals surface area (Å²) >= 11 is 0. The molecule has 7 aliphatic rings. The van der Waals surface area contributed by atoms with Crippen LogP contribution in [-0.4, -0.2) is 25.3 Å². The van der Waals surface area contributed by atoms with Gasteiger partial charge in [-0.15, -0.1) is 0 Å². The van der Waals surface area contributed by atoms with Crippen LogP contribution in [0.3, 0.4) is 0 Å². The van der Waals surface area contributed by atoms with Crippen molar-refractivity contribution in [2.24, 2.45) is 0 Å². The number of sulfone groups is 3. The van der Waals surface area contributed by atoms with E-state index >= 15 is 0 Å². The Morgan fingerprint density at radius 1 is 0.217 bits per heavy atom. The second-order valence-electron chi connectivity index (χ2n) is 35.2. The van der Waals surface area contributed by atoms with Crippen LogP contribution in [0.5, 0.6) is 69.0 Å². The van der Waals surface area contributed by atoms with Gasteiger partial charge in [0.1, 0.15) is 0 Å². The molecule has 0 unspecified atom stereocenters. The van der Waals surface area contributed by atoms with E-state index in [0.717, 1.165) is 50.1 Å². The lowest BCUT2D eigenvalue weighted by Gasteiger charge is -2.39. The van der Waals surface area contributed by atoms with Crippen molar-refractivity contribution >= 4 is 29.5 Å². The van der Waals surface area contributed by atoms with E-state index in [-0.39, 0.29) is 53.6 Å². The standard InChI is InChI=1S/C40H28O4S.C40H30O4S.C34H26O4S/c1-40(2)31-12-6-3-10-28(31)39(29-11-4-7-13-32(29)40)26-16-19-34-36(23-26)44-35-22-25(15-18-33(35)43-34)24-17-20-38-30(21-24)27-9-5-8-14-37(27)45(38,41)42;1-40(2)33-14-8-6-12-31(33)39(32-13-7-9-15-34(32)40)28-19-23-36-38(25-28)44-37-24-27(18-22-35(37)43-36)26-16-20-30(21-17-26)45(41,42)29-10-4-3-5-11-29;1-34(2)27-14-8-6-12-25(27)33(26-13-7-9-15-28(26)34)22-16-18-29-31(20-22)38-32-21-24(17-19-30(32)37-29)39(35,36)23-10-4-3-5-11-23/h3-23,39H,1-2H3;3-25,39H,1-2H3;3-21,33H,1-2H3. The highest BCUT2D eigenvalue weighted by Crippen LogP contribution is 2.58. The first-order valence-corrected chi connectivity index (χ1v) is 47.6. The second-order valence-corrected chi connectivity index (χ2v) is 41.0. The lowest BCUT2D eigenvalue weighted by molar-refractivity contribution is 0.358. The van der Waals surface area contributed by atoms with Crippen molar-refractivity contribution in [3.8, 4) is 102 Å². The molecule has 24 rings (SSSR count). The average Bonchev–Trinajstić information content (AvgIpc) is 1.43. The highest BCUT2D eigenvalue weighted by Gasteiger charge is 2.43. The van der Waals surface area contributed by atoms with Crippen LogP contribution in [0.4, 0.5) is 0 Å². The van der Waals surface area contributed by atoms with Gasteiger partial charge in [-0.05, 0) is 233 Å². The molecule has 0 bridgehead atoms. The van der Waals surface area contributed by atoms with Crippen molar-refractivity contribution in [2.45, 2.75) is 105 Å². The Balaban J connectivity index is 0.000000114. The highest BCUT2D eigenvalue weighted by atomic mass is 32.2. The summed E-state index contributed by atoms with van der Waals surface area (Å²) in [6, 6.07) is 124. The van der Waals surface area contributed by atoms with Gasteiger partial charge < -0.3 is 28.4 Å². The molecular weight excluding hydrogens is 1660 g/mol. The molecule has 0 aromatic heterocycles. The molecule has 0 saturated carbocycles. The van der Waals surface area contributed by atoms with E-state index in [4.69, 9.17) is 28.4 Å². The van der Waals surface area contributed by atoms with Gasteiger partial charge in [0.15, 0.2) is 69.0 Å². The maximum Gasteiger partial charge on any atom is 0.207 e. The Kier molecular flexibility index (Phi) is 19.0. The van der Waals surface area contributed by atoms with E-state index in [1.807, 2.05) is 97.1 Å². The van der Waals surface area contributed by atoms with E-state index in [1.165, 1.54) is 66.8 Å². The van der Waals surface area contributed by atoms with Crippen molar-refractivity contribution < 1.29 is 53.7 Å². The molecule has 0 radical (unpaired) electrons. The van der Waals surface area contributed by atoms with Crippen molar-refractivity contribution in [3.05, 3.63) is 466 Å². The van der Waals surface area contributed by atoms with Crippen LogP contribution in [0.25, 0.3) is 33.4 Å². The van der Waals surface area contributed by atoms with E-state index in [2.05, 4.69) is 217 Å². The number of rotatable bonds is 9. The Labute approximate surface area is 750 Å². The molecular formula is C114H84O12S3. The van der Waals surface area contributed by atoms with Crippen LogP contribution >= 0.6 is 0 Å². The molecule has 3 aliphatic carbocycles. The fraction of sp³-hybridized carbons (Fsp3) is 0.105. The molecule has 0 N–H and O–H groups in total. The van der Waals surface area contributed by atoms with Crippen molar-refractivity contribution in [1.82, 2.24) is 0 Å². The molecule has 4 heterocycles. The van der Waals surface area contributed by atoms with Gasteiger partial charge in [0.25, 0.3) is 0 Å². The van der Waals surface area contributed by atoms with Gasteiger partial charge in [-0.3, -0.25) is 0 Å². The zero-order valence-corrected chi connectivity index (χ0v) is 73.7. The number of hydrogen-bond acceptors (Lipinski definition) is 12. The topological polar surface area (TPSA) is 158 Å². The first-order chi connectivity index (χ1) is 62.4. The van der Waals surface area contributed by atoms with E-state index in [9.17, 15) is 25.3 Å². The molecule has 0 spiro atoms. The Morgan fingerprint density at radius 3 is 0.860 bits per heavy atom. The van der Waals surface area contributed by atoms with Crippen LogP contribution in [-0.2, 0) is 45.8 Å². The monoisotopic (exact) mass is 1740 g/mol. The van der Waals surface area contributed by atoms with Gasteiger partial charge in [0.05, 0.1) is 29.4 Å². The molecule has 12 nitrogen and oxygen atoms in total. The molecule has 15 heteroatoms. The average molecular weight is 1740 g/mol. The maximum absolute atomic E-state index is 13.2. The Hall–Kier alpha value is -14.6. The Morgan fingerprint density at radius 2 is 0.473 bits per heavy atom. The van der Waals surface area contributed by atoms with Gasteiger partial charge in [-0.2, -0.15) is 0 Å². The number of ether oxygens (including phenoxy) is 6. The van der Waals surface area contributed by atoms with Gasteiger partial charge in [-0.25, -0.2) is 25.3 Å². The smallest absolute Gasteiger partial charge is 0.207 e. The summed E-state index contributed by atoms with van der Waals surface area (Å²) in [5.74, 6) is 7.40. The minimum Gasteiger partial charge on any atom is -0.450 e. The van der Waals surface area contributed by atoms with Gasteiger partial charge in [0.2, 0.25) is 29.5 Å². The summed E-state index contributed by atoms with van der Waals surface area (Å²) in [7, 11) is -10.8. The summed E-state index contributed by atoms with van der Waals surface area (Å²) in [5, 5.41) is 0. The molecule has 0 atom stereocenters. The zero-order valence-electron chi connectivity index (χ0n) is 71.2. The quantitative estimate of drug-likeness (QED) is 0.135. The number of benzene rings is 17. The molecule has 0 amide bonds. The minimum absolute atomic E-state index is 0.0329. The minimum atomic E-state index is -3.69. The van der Waals surface area contributed by atoms with E-state index in [0.29, 0.717) is 78.8 Å². The first kappa shape index (κ1) is 80.2. The molecule has 17 aromatic carbocycles. The summed E-state index contributed by atoms with van der Waals surface area (Å²) in [5.41, 5.74) is 23.9. The second kappa shape index (κ2) is 30.6. The third kappa shape index (κ3) is 13.5. The molecule has 630 valence electrons. The predicted molar refractivity (Wildman–Crippen MR) is 503 cm³/mol. The molecule has 129 heavy (non-hydrogen) atoms. The lowest BCUT2D eigenvalue weighted by atomic mass is 9.64. The van der Waals surface area contributed by atoms with Crippen molar-refractivity contribution in [1.29, 1.82) is 0 Å². The fourth-order valence-electron chi connectivity index (χ4n) is 20.3. The van der Waals surface area contributed by atoms with Gasteiger partial charge in [-0.1, -0.05) is 290 Å². The van der Waals surface area contributed by atoms with E-state index < -0.39 is 29.5 Å². The fourth-order valence-corrected chi connectivity index (χ4v) is 24.5. The van der Waals surface area contributed by atoms with Crippen LogP contribution in [0.2, 0.25) is 0 Å². The highest BCUT2D eigenvalue weighted by molar-refractivity contribution is 7.92. The lowest BCUT2D eigenvalue weighted by Crippen LogP contribution is -2.29. The summed E-state index contributed by atoms with van der Waals surface area (Å²) < 4.78 is 117. The number of hydrogen-bond donors (Lipinski definition) is 0. The molecule has 4 aliphatic heterocycles.